The van der Waals surface area contributed by atoms with Gasteiger partial charge in [-0.1, -0.05) is 49.6 Å². The summed E-state index contributed by atoms with van der Waals surface area (Å²) < 4.78 is 0. The molecule has 1 aliphatic heterocycles. The molecule has 2 fully saturated rings. The predicted octanol–water partition coefficient (Wildman–Crippen LogP) is 4.15. The van der Waals surface area contributed by atoms with E-state index in [1.807, 2.05) is 30.0 Å². The van der Waals surface area contributed by atoms with E-state index >= 15 is 0 Å². The minimum Gasteiger partial charge on any atom is -0.343 e. The molecule has 2 aliphatic rings. The molecule has 6 nitrogen and oxygen atoms in total. The first-order valence-electron chi connectivity index (χ1n) is 11.9. The number of carbonyl (C=O) groups excluding carboxylic acids is 2. The van der Waals surface area contributed by atoms with Crippen molar-refractivity contribution in [2.45, 2.75) is 70.0 Å². The lowest BCUT2D eigenvalue weighted by Crippen LogP contribution is -2.55. The highest BCUT2D eigenvalue weighted by Gasteiger charge is 2.40. The fourth-order valence-corrected chi connectivity index (χ4v) is 5.88. The number of hydrogen-bond donors (Lipinski definition) is 2. The molecular formula is C25H34N4O2S. The summed E-state index contributed by atoms with van der Waals surface area (Å²) >= 11 is 1.63. The van der Waals surface area contributed by atoms with Crippen LogP contribution in [-0.4, -0.2) is 47.4 Å². The van der Waals surface area contributed by atoms with Crippen LogP contribution in [0.1, 0.15) is 62.9 Å². The van der Waals surface area contributed by atoms with E-state index in [4.69, 9.17) is 4.98 Å². The van der Waals surface area contributed by atoms with Crippen LogP contribution < -0.4 is 10.6 Å². The van der Waals surface area contributed by atoms with Crippen molar-refractivity contribution in [3.8, 4) is 11.3 Å². The topological polar surface area (TPSA) is 74.3 Å². The molecule has 1 saturated carbocycles. The number of likely N-dealkylation sites (tertiary alicyclic amines) is 1. The molecule has 2 aromatic rings. The Morgan fingerprint density at radius 3 is 2.56 bits per heavy atom. The van der Waals surface area contributed by atoms with Gasteiger partial charge in [-0.2, -0.15) is 0 Å². The molecule has 2 amide bonds. The maximum atomic E-state index is 13.8. The van der Waals surface area contributed by atoms with Crippen LogP contribution in [0.5, 0.6) is 0 Å². The Hall–Kier alpha value is -2.25. The second-order valence-electron chi connectivity index (χ2n) is 9.02. The van der Waals surface area contributed by atoms with E-state index in [9.17, 15) is 9.59 Å². The van der Waals surface area contributed by atoms with Crippen molar-refractivity contribution in [3.63, 3.8) is 0 Å². The number of likely N-dealkylation sites (N-methyl/N-ethyl adjacent to an activating group) is 1. The molecule has 1 aliphatic carbocycles. The number of benzene rings is 1. The van der Waals surface area contributed by atoms with Gasteiger partial charge in [-0.25, -0.2) is 4.98 Å². The van der Waals surface area contributed by atoms with Crippen LogP contribution >= 0.6 is 11.3 Å². The Labute approximate surface area is 194 Å². The van der Waals surface area contributed by atoms with Crippen molar-refractivity contribution >= 4 is 23.2 Å². The smallest absolute Gasteiger partial charge is 0.246 e. The maximum absolute atomic E-state index is 13.8. The lowest BCUT2D eigenvalue weighted by molar-refractivity contribution is -0.139. The Bertz CT molecular complexity index is 910. The molecule has 1 saturated heterocycles. The average Bonchev–Trinajstić information content (AvgIpc) is 3.52. The molecule has 2 N–H and O–H groups in total. The molecule has 0 unspecified atom stereocenters. The normalized spacial score (nSPS) is 21.3. The molecule has 172 valence electrons. The van der Waals surface area contributed by atoms with Crippen LogP contribution in [0.15, 0.2) is 35.7 Å². The van der Waals surface area contributed by atoms with Gasteiger partial charge in [-0.05, 0) is 45.6 Å². The van der Waals surface area contributed by atoms with E-state index < -0.39 is 6.04 Å². The molecule has 0 bridgehead atoms. The highest BCUT2D eigenvalue weighted by atomic mass is 32.1. The number of hydrogen-bond acceptors (Lipinski definition) is 5. The van der Waals surface area contributed by atoms with Crippen molar-refractivity contribution in [1.29, 1.82) is 0 Å². The third-order valence-electron chi connectivity index (χ3n) is 6.92. The van der Waals surface area contributed by atoms with Gasteiger partial charge in [0.25, 0.3) is 0 Å². The molecule has 0 spiro atoms. The minimum atomic E-state index is -0.451. The third kappa shape index (κ3) is 5.04. The summed E-state index contributed by atoms with van der Waals surface area (Å²) in [6.45, 7) is 2.56. The Morgan fingerprint density at radius 1 is 1.09 bits per heavy atom. The lowest BCUT2D eigenvalue weighted by Gasteiger charge is -2.35. The molecule has 32 heavy (non-hydrogen) atoms. The van der Waals surface area contributed by atoms with Crippen molar-refractivity contribution < 1.29 is 9.59 Å². The molecule has 3 atom stereocenters. The van der Waals surface area contributed by atoms with Crippen molar-refractivity contribution in [2.24, 2.45) is 5.92 Å². The monoisotopic (exact) mass is 454 g/mol. The second-order valence-corrected chi connectivity index (χ2v) is 9.91. The molecule has 0 radical (unpaired) electrons. The van der Waals surface area contributed by atoms with Gasteiger partial charge in [0.15, 0.2) is 0 Å². The van der Waals surface area contributed by atoms with Crippen LogP contribution in [0.2, 0.25) is 0 Å². The van der Waals surface area contributed by atoms with Crippen LogP contribution in [0.25, 0.3) is 11.3 Å². The van der Waals surface area contributed by atoms with Crippen molar-refractivity contribution in [3.05, 3.63) is 40.7 Å². The zero-order chi connectivity index (χ0) is 22.5. The molecule has 1 aromatic carbocycles. The van der Waals surface area contributed by atoms with E-state index in [1.165, 1.54) is 6.42 Å². The second kappa shape index (κ2) is 10.6. The summed E-state index contributed by atoms with van der Waals surface area (Å²) in [5.74, 6) is 0.168. The number of amides is 2. The Kier molecular flexibility index (Phi) is 7.58. The van der Waals surface area contributed by atoms with Crippen LogP contribution in [0, 0.1) is 5.92 Å². The third-order valence-corrected chi connectivity index (χ3v) is 7.87. The van der Waals surface area contributed by atoms with Crippen molar-refractivity contribution in [2.75, 3.05) is 13.6 Å². The van der Waals surface area contributed by atoms with Gasteiger partial charge in [-0.15, -0.1) is 11.3 Å². The van der Waals surface area contributed by atoms with Gasteiger partial charge >= 0.3 is 0 Å². The Balaban J connectivity index is 1.54. The summed E-state index contributed by atoms with van der Waals surface area (Å²) in [6.07, 6.45) is 7.36. The molecule has 1 aromatic heterocycles. The lowest BCUT2D eigenvalue weighted by atomic mass is 9.83. The molecule has 7 heteroatoms. The first kappa shape index (κ1) is 22.9. The maximum Gasteiger partial charge on any atom is 0.246 e. The minimum absolute atomic E-state index is 0.00493. The summed E-state index contributed by atoms with van der Waals surface area (Å²) in [7, 11) is 1.77. The predicted molar refractivity (Wildman–Crippen MR) is 128 cm³/mol. The molecule has 2 heterocycles. The van der Waals surface area contributed by atoms with Crippen LogP contribution in [0.3, 0.4) is 0 Å². The van der Waals surface area contributed by atoms with Gasteiger partial charge in [0, 0.05) is 17.5 Å². The van der Waals surface area contributed by atoms with E-state index in [0.717, 1.165) is 61.3 Å². The van der Waals surface area contributed by atoms with E-state index in [0.29, 0.717) is 0 Å². The zero-order valence-corrected chi connectivity index (χ0v) is 19.9. The summed E-state index contributed by atoms with van der Waals surface area (Å²) in [4.78, 5) is 33.4. The SMILES string of the molecule is CN[C@@H](C)C(=O)N[C@H](C(=O)N1CCC[C@H]1c1nc(-c2ccccc2)cs1)C1CCCCC1. The van der Waals surface area contributed by atoms with Crippen LogP contribution in [-0.2, 0) is 9.59 Å². The fourth-order valence-electron chi connectivity index (χ4n) is 4.91. The van der Waals surface area contributed by atoms with Gasteiger partial charge in [0.05, 0.1) is 17.8 Å². The summed E-state index contributed by atoms with van der Waals surface area (Å²) in [5.41, 5.74) is 2.06. The fraction of sp³-hybridized carbons (Fsp3) is 0.560. The molecule has 4 rings (SSSR count). The standard InChI is InChI=1S/C25H34N4O2S/c1-17(26-2)23(30)28-22(19-12-7-4-8-13-19)25(31)29-15-9-14-21(29)24-27-20(16-32-24)18-10-5-3-6-11-18/h3,5-6,10-11,16-17,19,21-22,26H,4,7-9,12-15H2,1-2H3,(H,28,30)/t17-,21-,22-/m0/s1. The number of aromatic nitrogens is 1. The first-order chi connectivity index (χ1) is 15.6. The highest BCUT2D eigenvalue weighted by molar-refractivity contribution is 7.10. The first-order valence-corrected chi connectivity index (χ1v) is 12.8. The Morgan fingerprint density at radius 2 is 1.84 bits per heavy atom. The summed E-state index contributed by atoms with van der Waals surface area (Å²) in [5, 5.41) is 9.17. The van der Waals surface area contributed by atoms with Crippen molar-refractivity contribution in [1.82, 2.24) is 20.5 Å². The zero-order valence-electron chi connectivity index (χ0n) is 19.0. The van der Waals surface area contributed by atoms with Gasteiger partial charge in [0.1, 0.15) is 11.0 Å². The summed E-state index contributed by atoms with van der Waals surface area (Å²) in [6, 6.07) is 9.38. The largest absolute Gasteiger partial charge is 0.343 e. The number of nitrogens with zero attached hydrogens (tertiary/aromatic N) is 2. The van der Waals surface area contributed by atoms with E-state index in [2.05, 4.69) is 28.1 Å². The quantitative estimate of drug-likeness (QED) is 0.659. The van der Waals surface area contributed by atoms with Gasteiger partial charge in [0.2, 0.25) is 11.8 Å². The van der Waals surface area contributed by atoms with Gasteiger partial charge in [-0.3, -0.25) is 9.59 Å². The number of thiazole rings is 1. The average molecular weight is 455 g/mol. The van der Waals surface area contributed by atoms with E-state index in [1.54, 1.807) is 18.4 Å². The number of nitrogens with one attached hydrogen (secondary N) is 2. The highest BCUT2D eigenvalue weighted by Crippen LogP contribution is 2.37. The number of rotatable bonds is 7. The number of carbonyl (C=O) groups is 2. The van der Waals surface area contributed by atoms with E-state index in [-0.39, 0.29) is 29.8 Å². The van der Waals surface area contributed by atoms with Gasteiger partial charge < -0.3 is 15.5 Å². The van der Waals surface area contributed by atoms with Crippen LogP contribution in [0.4, 0.5) is 0 Å². The molecular weight excluding hydrogens is 420 g/mol.